The molecule has 0 N–H and O–H groups in total. The molecule has 64 heavy (non-hydrogen) atoms. The van der Waals surface area contributed by atoms with E-state index in [-0.39, 0.29) is 31.6 Å². The van der Waals surface area contributed by atoms with Crippen molar-refractivity contribution in [2.75, 3.05) is 13.2 Å². The number of carbonyl (C=O) groups excluding carboxylic acids is 3. The Balaban J connectivity index is 4.51. The maximum atomic E-state index is 12.8. The van der Waals surface area contributed by atoms with Crippen molar-refractivity contribution in [2.45, 2.75) is 252 Å². The smallest absolute Gasteiger partial charge is 0.306 e. The predicted octanol–water partition coefficient (Wildman–Crippen LogP) is 17.6. The second-order valence-electron chi connectivity index (χ2n) is 17.4. The normalized spacial score (nSPS) is 12.7. The van der Waals surface area contributed by atoms with Crippen LogP contribution in [0.2, 0.25) is 0 Å². The lowest BCUT2D eigenvalue weighted by Gasteiger charge is -2.18. The Kier molecular flexibility index (Phi) is 49.4. The summed E-state index contributed by atoms with van der Waals surface area (Å²) < 4.78 is 16.7. The summed E-state index contributed by atoms with van der Waals surface area (Å²) in [5, 5.41) is 0. The van der Waals surface area contributed by atoms with Crippen molar-refractivity contribution >= 4 is 17.9 Å². The molecule has 0 fully saturated rings. The van der Waals surface area contributed by atoms with E-state index in [1.54, 1.807) is 0 Å². The Morgan fingerprint density at radius 1 is 0.328 bits per heavy atom. The van der Waals surface area contributed by atoms with Crippen LogP contribution in [0.3, 0.4) is 0 Å². The molecular formula is C58H98O6. The summed E-state index contributed by atoms with van der Waals surface area (Å²) in [6.07, 6.45) is 67.2. The third-order valence-electron chi connectivity index (χ3n) is 11.1. The molecule has 0 unspecified atom stereocenters. The molecule has 0 saturated carbocycles. The first-order valence-electron chi connectivity index (χ1n) is 26.6. The molecule has 0 aromatic heterocycles. The van der Waals surface area contributed by atoms with Crippen LogP contribution in [0.15, 0.2) is 85.1 Å². The van der Waals surface area contributed by atoms with E-state index in [1.807, 2.05) is 12.2 Å². The van der Waals surface area contributed by atoms with E-state index in [4.69, 9.17) is 14.2 Å². The van der Waals surface area contributed by atoms with Gasteiger partial charge < -0.3 is 14.2 Å². The van der Waals surface area contributed by atoms with Crippen molar-refractivity contribution in [3.05, 3.63) is 85.1 Å². The van der Waals surface area contributed by atoms with E-state index in [0.29, 0.717) is 19.3 Å². The number of hydrogen-bond donors (Lipinski definition) is 0. The highest BCUT2D eigenvalue weighted by Crippen LogP contribution is 2.14. The van der Waals surface area contributed by atoms with Crippen LogP contribution < -0.4 is 0 Å². The fourth-order valence-electron chi connectivity index (χ4n) is 7.17. The van der Waals surface area contributed by atoms with Crippen LogP contribution in [0.25, 0.3) is 0 Å². The Labute approximate surface area is 395 Å². The molecule has 0 aromatic rings. The van der Waals surface area contributed by atoms with Crippen molar-refractivity contribution in [2.24, 2.45) is 0 Å². The quantitative estimate of drug-likeness (QED) is 0.0262. The summed E-state index contributed by atoms with van der Waals surface area (Å²) in [6.45, 7) is 6.45. The van der Waals surface area contributed by atoms with Gasteiger partial charge in [-0.05, 0) is 83.5 Å². The number of rotatable bonds is 47. The highest BCUT2D eigenvalue weighted by Gasteiger charge is 2.19. The Morgan fingerprint density at radius 2 is 0.641 bits per heavy atom. The lowest BCUT2D eigenvalue weighted by atomic mass is 10.0. The molecule has 0 aliphatic heterocycles. The van der Waals surface area contributed by atoms with Gasteiger partial charge >= 0.3 is 17.9 Å². The molecule has 0 amide bonds. The van der Waals surface area contributed by atoms with Crippen LogP contribution in [-0.4, -0.2) is 37.2 Å². The van der Waals surface area contributed by atoms with Gasteiger partial charge in [0.15, 0.2) is 6.10 Å². The summed E-state index contributed by atoms with van der Waals surface area (Å²) in [5.74, 6) is -1.000. The number of hydrogen-bond acceptors (Lipinski definition) is 6. The summed E-state index contributed by atoms with van der Waals surface area (Å²) in [7, 11) is 0. The predicted molar refractivity (Wildman–Crippen MR) is 274 cm³/mol. The maximum absolute atomic E-state index is 12.8. The Morgan fingerprint density at radius 3 is 1.02 bits per heavy atom. The van der Waals surface area contributed by atoms with Gasteiger partial charge in [0.2, 0.25) is 0 Å². The van der Waals surface area contributed by atoms with Crippen LogP contribution in [0, 0.1) is 0 Å². The molecule has 1 atom stereocenters. The van der Waals surface area contributed by atoms with E-state index in [2.05, 4.69) is 93.7 Å². The van der Waals surface area contributed by atoms with Gasteiger partial charge in [0.05, 0.1) is 0 Å². The van der Waals surface area contributed by atoms with E-state index in [1.165, 1.54) is 109 Å². The second-order valence-corrected chi connectivity index (χ2v) is 17.4. The van der Waals surface area contributed by atoms with Gasteiger partial charge in [0.25, 0.3) is 0 Å². The lowest BCUT2D eigenvalue weighted by Crippen LogP contribution is -2.30. The van der Waals surface area contributed by atoms with Crippen molar-refractivity contribution in [1.29, 1.82) is 0 Å². The summed E-state index contributed by atoms with van der Waals surface area (Å²) in [4.78, 5) is 38.0. The number of unbranched alkanes of at least 4 members (excludes halogenated alkanes) is 22. The summed E-state index contributed by atoms with van der Waals surface area (Å²) >= 11 is 0. The van der Waals surface area contributed by atoms with Gasteiger partial charge in [-0.25, -0.2) is 0 Å². The lowest BCUT2D eigenvalue weighted by molar-refractivity contribution is -0.166. The molecule has 0 saturated heterocycles. The molecule has 0 aliphatic rings. The highest BCUT2D eigenvalue weighted by atomic mass is 16.6. The number of allylic oxidation sites excluding steroid dienone is 14. The van der Waals surface area contributed by atoms with Crippen molar-refractivity contribution in [3.8, 4) is 0 Å². The third kappa shape index (κ3) is 49.6. The highest BCUT2D eigenvalue weighted by molar-refractivity contribution is 5.71. The standard InChI is InChI=1S/C58H98O6/c1-4-7-10-13-16-19-22-25-27-28-29-30-32-34-37-40-43-46-49-52-58(61)64-55(53-62-56(59)50-47-44-41-38-35-24-21-18-15-12-9-6-3)54-63-57(60)51-48-45-42-39-36-33-31-26-23-20-17-14-11-8-5-2/h7,10,16,19,25-27,29-31,34,37,43,46,55H,4-6,8-9,11-15,17-18,20-24,28,32-33,35-36,38-42,44-45,47-54H2,1-3H3/b10-7-,19-16-,27-25-,30-29-,31-26-,37-34-,46-43-/t55-/m0/s1. The van der Waals surface area contributed by atoms with Crippen LogP contribution in [0.1, 0.15) is 245 Å². The minimum atomic E-state index is -0.818. The van der Waals surface area contributed by atoms with Crippen molar-refractivity contribution in [3.63, 3.8) is 0 Å². The fourth-order valence-corrected chi connectivity index (χ4v) is 7.17. The van der Waals surface area contributed by atoms with Gasteiger partial charge in [0, 0.05) is 19.3 Å². The van der Waals surface area contributed by atoms with Crippen LogP contribution in [-0.2, 0) is 28.6 Å². The average Bonchev–Trinajstić information content (AvgIpc) is 3.29. The van der Waals surface area contributed by atoms with Crippen LogP contribution in [0.4, 0.5) is 0 Å². The van der Waals surface area contributed by atoms with E-state index >= 15 is 0 Å². The number of ether oxygens (including phenoxy) is 3. The number of carbonyl (C=O) groups is 3. The molecular weight excluding hydrogens is 793 g/mol. The molecule has 366 valence electrons. The average molecular weight is 891 g/mol. The second kappa shape index (κ2) is 52.2. The van der Waals surface area contributed by atoms with Gasteiger partial charge in [-0.2, -0.15) is 0 Å². The summed E-state index contributed by atoms with van der Waals surface area (Å²) in [6, 6.07) is 0. The maximum Gasteiger partial charge on any atom is 0.306 e. The minimum absolute atomic E-state index is 0.108. The van der Waals surface area contributed by atoms with E-state index < -0.39 is 12.1 Å². The first-order valence-corrected chi connectivity index (χ1v) is 26.6. The van der Waals surface area contributed by atoms with Crippen LogP contribution >= 0.6 is 0 Å². The van der Waals surface area contributed by atoms with Gasteiger partial charge in [-0.3, -0.25) is 14.4 Å². The molecule has 0 rings (SSSR count). The number of esters is 3. The Bertz CT molecular complexity index is 1250. The molecule has 0 bridgehead atoms. The molecule has 0 radical (unpaired) electrons. The molecule has 0 heterocycles. The molecule has 0 aliphatic carbocycles. The topological polar surface area (TPSA) is 78.9 Å². The first kappa shape index (κ1) is 60.6. The van der Waals surface area contributed by atoms with Gasteiger partial charge in [0.1, 0.15) is 13.2 Å². The molecule has 0 spiro atoms. The van der Waals surface area contributed by atoms with Crippen molar-refractivity contribution < 1.29 is 28.6 Å². The third-order valence-corrected chi connectivity index (χ3v) is 11.1. The molecule has 6 heteroatoms. The van der Waals surface area contributed by atoms with Crippen LogP contribution in [0.5, 0.6) is 0 Å². The van der Waals surface area contributed by atoms with Crippen molar-refractivity contribution in [1.82, 2.24) is 0 Å². The van der Waals surface area contributed by atoms with E-state index in [9.17, 15) is 14.4 Å². The molecule has 6 nitrogen and oxygen atoms in total. The zero-order chi connectivity index (χ0) is 46.5. The monoisotopic (exact) mass is 891 g/mol. The van der Waals surface area contributed by atoms with Gasteiger partial charge in [-0.15, -0.1) is 0 Å². The van der Waals surface area contributed by atoms with E-state index in [0.717, 1.165) is 89.9 Å². The largest absolute Gasteiger partial charge is 0.462 e. The SMILES string of the molecule is CC/C=C\C/C=C\C/C=C\C/C=C\C/C=C\C/C=C\CCC(=O)O[C@H](COC(=O)CCCCCCC/C=C\CCCCCCCC)COC(=O)CCCCCCCCCCCCCC. The summed E-state index contributed by atoms with van der Waals surface area (Å²) in [5.41, 5.74) is 0. The zero-order valence-corrected chi connectivity index (χ0v) is 41.8. The fraction of sp³-hybridized carbons (Fsp3) is 0.707. The Hall–Kier alpha value is -3.41. The zero-order valence-electron chi connectivity index (χ0n) is 41.8. The molecule has 0 aromatic carbocycles. The first-order chi connectivity index (χ1) is 31.5. The van der Waals surface area contributed by atoms with Gasteiger partial charge in [-0.1, -0.05) is 228 Å². The minimum Gasteiger partial charge on any atom is -0.462 e.